The van der Waals surface area contributed by atoms with E-state index in [1.807, 2.05) is 35.4 Å². The highest BCUT2D eigenvalue weighted by atomic mass is 32.2. The predicted molar refractivity (Wildman–Crippen MR) is 103 cm³/mol. The number of hydrogen-bond donors (Lipinski definition) is 0. The van der Waals surface area contributed by atoms with Crippen LogP contribution in [0.2, 0.25) is 0 Å². The Balaban J connectivity index is 1.46. The van der Waals surface area contributed by atoms with E-state index in [1.54, 1.807) is 0 Å². The molecule has 1 aliphatic heterocycles. The number of thioether (sulfide) groups is 1. The third-order valence-corrected chi connectivity index (χ3v) is 5.66. The average molecular weight is 358 g/mol. The van der Waals surface area contributed by atoms with Crippen LogP contribution in [-0.2, 0) is 17.8 Å². The van der Waals surface area contributed by atoms with Gasteiger partial charge in [-0.05, 0) is 36.5 Å². The van der Waals surface area contributed by atoms with E-state index in [9.17, 15) is 4.79 Å². The Bertz CT molecular complexity index is 659. The molecular weight excluding hydrogens is 330 g/mol. The maximum absolute atomic E-state index is 12.6. The molecule has 0 atom stereocenters. The van der Waals surface area contributed by atoms with Crippen LogP contribution in [0.1, 0.15) is 32.3 Å². The van der Waals surface area contributed by atoms with E-state index in [1.165, 1.54) is 4.90 Å². The third kappa shape index (κ3) is 5.36. The van der Waals surface area contributed by atoms with Crippen molar-refractivity contribution in [2.24, 2.45) is 5.92 Å². The number of hydrogen-bond acceptors (Lipinski definition) is 3. The zero-order valence-corrected chi connectivity index (χ0v) is 15.9. The lowest BCUT2D eigenvalue weighted by Crippen LogP contribution is -2.40. The summed E-state index contributed by atoms with van der Waals surface area (Å²) in [5.41, 5.74) is 1.11. The minimum atomic E-state index is 0.255. The van der Waals surface area contributed by atoms with E-state index in [0.29, 0.717) is 17.6 Å². The molecule has 5 heteroatoms. The number of nitrogens with zero attached hydrogens (tertiary/aromatic N) is 3. The fourth-order valence-electron chi connectivity index (χ4n) is 3.30. The van der Waals surface area contributed by atoms with Crippen LogP contribution in [0.4, 0.5) is 0 Å². The first-order valence-electron chi connectivity index (χ1n) is 9.09. The van der Waals surface area contributed by atoms with E-state index < -0.39 is 0 Å². The number of aromatic nitrogens is 2. The molecule has 2 aromatic rings. The molecule has 3 rings (SSSR count). The Labute approximate surface area is 154 Å². The molecule has 1 fully saturated rings. The lowest BCUT2D eigenvalue weighted by molar-refractivity contribution is -0.131. The van der Waals surface area contributed by atoms with Gasteiger partial charge < -0.3 is 9.47 Å². The summed E-state index contributed by atoms with van der Waals surface area (Å²) in [5, 5.41) is 0.580. The summed E-state index contributed by atoms with van der Waals surface area (Å²) in [4.78, 5) is 20.0. The first-order chi connectivity index (χ1) is 12.1. The van der Waals surface area contributed by atoms with Gasteiger partial charge in [-0.3, -0.25) is 4.79 Å². The van der Waals surface area contributed by atoms with Gasteiger partial charge in [0.25, 0.3) is 0 Å². The second-order valence-corrected chi connectivity index (χ2v) is 8.72. The van der Waals surface area contributed by atoms with Gasteiger partial charge in [0.05, 0.1) is 12.7 Å². The summed E-state index contributed by atoms with van der Waals surface area (Å²) in [6.07, 6.45) is 8.38. The van der Waals surface area contributed by atoms with Crippen molar-refractivity contribution in [3.05, 3.63) is 48.5 Å². The largest absolute Gasteiger partial charge is 0.342 e. The molecule has 0 bridgehead atoms. The number of likely N-dealkylation sites (tertiary alicyclic amines) is 1. The molecule has 1 aliphatic rings. The van der Waals surface area contributed by atoms with Crippen molar-refractivity contribution >= 4 is 17.7 Å². The fraction of sp³-hybridized carbons (Fsp3) is 0.500. The van der Waals surface area contributed by atoms with Crippen LogP contribution >= 0.6 is 11.8 Å². The van der Waals surface area contributed by atoms with Gasteiger partial charge in [-0.2, -0.15) is 0 Å². The molecule has 2 heterocycles. The minimum absolute atomic E-state index is 0.255. The number of amides is 1. The summed E-state index contributed by atoms with van der Waals surface area (Å²) >= 11 is 1.85. The van der Waals surface area contributed by atoms with E-state index >= 15 is 0 Å². The summed E-state index contributed by atoms with van der Waals surface area (Å²) < 4.78 is 2.14. The summed E-state index contributed by atoms with van der Waals surface area (Å²) in [6.45, 7) is 7.15. The first-order valence-corrected chi connectivity index (χ1v) is 9.97. The summed E-state index contributed by atoms with van der Waals surface area (Å²) in [6, 6.07) is 8.44. The van der Waals surface area contributed by atoms with Crippen molar-refractivity contribution in [1.29, 1.82) is 0 Å². The highest BCUT2D eigenvalue weighted by molar-refractivity contribution is 7.99. The standard InChI is InChI=1S/C20H27N3OS/c1-16(2)25-19-5-3-17(4-6-19)13-20(24)23-10-7-18(8-11-23)14-22-12-9-21-15-22/h3-6,9,12,15-16,18H,7-8,10-11,13-14H2,1-2H3. The summed E-state index contributed by atoms with van der Waals surface area (Å²) in [7, 11) is 0. The van der Waals surface area contributed by atoms with E-state index in [2.05, 4.69) is 47.7 Å². The molecule has 0 unspecified atom stereocenters. The van der Waals surface area contributed by atoms with Crippen molar-refractivity contribution in [1.82, 2.24) is 14.5 Å². The van der Waals surface area contributed by atoms with Gasteiger partial charge in [-0.15, -0.1) is 11.8 Å². The molecule has 25 heavy (non-hydrogen) atoms. The maximum atomic E-state index is 12.6. The summed E-state index contributed by atoms with van der Waals surface area (Å²) in [5.74, 6) is 0.899. The van der Waals surface area contributed by atoms with Crippen molar-refractivity contribution in [3.63, 3.8) is 0 Å². The molecule has 0 saturated carbocycles. The van der Waals surface area contributed by atoms with Crippen LogP contribution in [0.15, 0.2) is 47.9 Å². The van der Waals surface area contributed by atoms with E-state index in [-0.39, 0.29) is 5.91 Å². The predicted octanol–water partition coefficient (Wildman–Crippen LogP) is 3.86. The van der Waals surface area contributed by atoms with Gasteiger partial charge >= 0.3 is 0 Å². The fourth-order valence-corrected chi connectivity index (χ4v) is 4.14. The van der Waals surface area contributed by atoms with Crippen molar-refractivity contribution in [2.75, 3.05) is 13.1 Å². The van der Waals surface area contributed by atoms with Crippen molar-refractivity contribution in [3.8, 4) is 0 Å². The Morgan fingerprint density at radius 1 is 1.24 bits per heavy atom. The van der Waals surface area contributed by atoms with Gasteiger partial charge in [0.1, 0.15) is 0 Å². The molecule has 0 radical (unpaired) electrons. The average Bonchev–Trinajstić information content (AvgIpc) is 3.10. The number of benzene rings is 1. The van der Waals surface area contributed by atoms with Gasteiger partial charge in [-0.25, -0.2) is 4.98 Å². The molecule has 0 N–H and O–H groups in total. The normalized spacial score (nSPS) is 15.7. The zero-order valence-electron chi connectivity index (χ0n) is 15.1. The second-order valence-electron chi connectivity index (χ2n) is 7.07. The first kappa shape index (κ1) is 18.1. The highest BCUT2D eigenvalue weighted by Crippen LogP contribution is 2.24. The van der Waals surface area contributed by atoms with Crippen LogP contribution < -0.4 is 0 Å². The quantitative estimate of drug-likeness (QED) is 0.737. The molecule has 1 amide bonds. The third-order valence-electron chi connectivity index (χ3n) is 4.65. The second kappa shape index (κ2) is 8.56. The Morgan fingerprint density at radius 3 is 2.56 bits per heavy atom. The van der Waals surface area contributed by atoms with Gasteiger partial charge in [0.15, 0.2) is 0 Å². The van der Waals surface area contributed by atoms with Crippen LogP contribution in [0, 0.1) is 5.92 Å². The number of carbonyl (C=O) groups is 1. The van der Waals surface area contributed by atoms with Crippen molar-refractivity contribution in [2.45, 2.75) is 49.8 Å². The van der Waals surface area contributed by atoms with Crippen LogP contribution in [0.25, 0.3) is 0 Å². The molecule has 1 aromatic carbocycles. The van der Waals surface area contributed by atoms with Gasteiger partial charge in [0.2, 0.25) is 5.91 Å². The van der Waals surface area contributed by atoms with E-state index in [4.69, 9.17) is 0 Å². The lowest BCUT2D eigenvalue weighted by Gasteiger charge is -2.32. The van der Waals surface area contributed by atoms with E-state index in [0.717, 1.165) is 38.0 Å². The molecule has 4 nitrogen and oxygen atoms in total. The van der Waals surface area contributed by atoms with Gasteiger partial charge in [0, 0.05) is 42.2 Å². The molecular formula is C20H27N3OS. The maximum Gasteiger partial charge on any atom is 0.226 e. The Hall–Kier alpha value is -1.75. The smallest absolute Gasteiger partial charge is 0.226 e. The highest BCUT2D eigenvalue weighted by Gasteiger charge is 2.23. The monoisotopic (exact) mass is 357 g/mol. The SMILES string of the molecule is CC(C)Sc1ccc(CC(=O)N2CCC(Cn3ccnc3)CC2)cc1. The number of piperidine rings is 1. The molecule has 1 saturated heterocycles. The zero-order chi connectivity index (χ0) is 17.6. The molecule has 0 aliphatic carbocycles. The van der Waals surface area contributed by atoms with Gasteiger partial charge in [-0.1, -0.05) is 26.0 Å². The van der Waals surface area contributed by atoms with Crippen LogP contribution in [0.3, 0.4) is 0 Å². The number of carbonyl (C=O) groups excluding carboxylic acids is 1. The topological polar surface area (TPSA) is 38.1 Å². The molecule has 134 valence electrons. The molecule has 1 aromatic heterocycles. The lowest BCUT2D eigenvalue weighted by atomic mass is 9.96. The molecule has 0 spiro atoms. The Kier molecular flexibility index (Phi) is 6.19. The Morgan fingerprint density at radius 2 is 1.96 bits per heavy atom. The number of imidazole rings is 1. The number of rotatable bonds is 6. The minimum Gasteiger partial charge on any atom is -0.342 e. The van der Waals surface area contributed by atoms with Crippen LogP contribution in [0.5, 0.6) is 0 Å². The van der Waals surface area contributed by atoms with Crippen LogP contribution in [-0.4, -0.2) is 38.7 Å². The van der Waals surface area contributed by atoms with Crippen molar-refractivity contribution < 1.29 is 4.79 Å².